The van der Waals surface area contributed by atoms with Crippen molar-refractivity contribution in [2.45, 2.75) is 6.61 Å². The Morgan fingerprint density at radius 1 is 1.16 bits per heavy atom. The summed E-state index contributed by atoms with van der Waals surface area (Å²) in [7, 11) is 3.02. The van der Waals surface area contributed by atoms with Gasteiger partial charge in [0.05, 0.1) is 12.0 Å². The highest BCUT2D eigenvalue weighted by Crippen LogP contribution is 2.34. The summed E-state index contributed by atoms with van der Waals surface area (Å²) in [6, 6.07) is 9.12. The van der Waals surface area contributed by atoms with Gasteiger partial charge >= 0.3 is 0 Å². The number of imide groups is 1. The van der Waals surface area contributed by atoms with Crippen molar-refractivity contribution in [3.05, 3.63) is 58.8 Å². The Morgan fingerprint density at radius 2 is 1.92 bits per heavy atom. The molecule has 0 spiro atoms. The lowest BCUT2D eigenvalue weighted by Crippen LogP contribution is -2.22. The number of benzene rings is 1. The Kier molecular flexibility index (Phi) is 5.04. The highest BCUT2D eigenvalue weighted by Gasteiger charge is 2.31. The average Bonchev–Trinajstić information content (AvgIpc) is 2.88. The van der Waals surface area contributed by atoms with E-state index in [0.29, 0.717) is 23.0 Å². The predicted molar refractivity (Wildman–Crippen MR) is 95.3 cm³/mol. The Balaban J connectivity index is 1.78. The minimum Gasteiger partial charge on any atom is -0.493 e. The molecule has 6 nitrogen and oxygen atoms in total. The van der Waals surface area contributed by atoms with Gasteiger partial charge < -0.3 is 9.47 Å². The molecule has 2 heterocycles. The van der Waals surface area contributed by atoms with Crippen LogP contribution in [-0.4, -0.2) is 35.2 Å². The second-order valence-electron chi connectivity index (χ2n) is 5.30. The number of methoxy groups -OCH3 is 1. The molecule has 1 fully saturated rings. The molecule has 128 valence electrons. The molecule has 0 unspecified atom stereocenters. The summed E-state index contributed by atoms with van der Waals surface area (Å²) in [5.41, 5.74) is 1.75. The Bertz CT molecular complexity index is 836. The van der Waals surface area contributed by atoms with Gasteiger partial charge in [0.2, 0.25) is 0 Å². The molecule has 1 aromatic heterocycles. The van der Waals surface area contributed by atoms with Gasteiger partial charge in [-0.3, -0.25) is 19.5 Å². The zero-order chi connectivity index (χ0) is 17.8. The number of nitrogens with zero attached hydrogens (tertiary/aromatic N) is 2. The van der Waals surface area contributed by atoms with Crippen LogP contribution >= 0.6 is 11.8 Å². The summed E-state index contributed by atoms with van der Waals surface area (Å²) in [4.78, 5) is 29.0. The van der Waals surface area contributed by atoms with Gasteiger partial charge in [-0.1, -0.05) is 6.07 Å². The maximum absolute atomic E-state index is 12.0. The lowest BCUT2D eigenvalue weighted by Gasteiger charge is -2.11. The zero-order valence-corrected chi connectivity index (χ0v) is 14.6. The molecule has 1 saturated heterocycles. The van der Waals surface area contributed by atoms with Crippen LogP contribution in [-0.2, 0) is 11.4 Å². The van der Waals surface area contributed by atoms with Crippen molar-refractivity contribution in [2.75, 3.05) is 14.2 Å². The molecule has 0 atom stereocenters. The molecule has 0 saturated carbocycles. The molecule has 0 radical (unpaired) electrons. The molecule has 1 aliphatic rings. The maximum atomic E-state index is 12.0. The first-order valence-electron chi connectivity index (χ1n) is 7.50. The van der Waals surface area contributed by atoms with Crippen molar-refractivity contribution in [2.24, 2.45) is 0 Å². The number of rotatable bonds is 5. The third-order valence-electron chi connectivity index (χ3n) is 3.62. The van der Waals surface area contributed by atoms with Crippen LogP contribution in [0.4, 0.5) is 4.79 Å². The van der Waals surface area contributed by atoms with Gasteiger partial charge in [0.25, 0.3) is 11.1 Å². The number of hydrogen-bond acceptors (Lipinski definition) is 6. The Hall–Kier alpha value is -2.80. The Labute approximate surface area is 149 Å². The van der Waals surface area contributed by atoms with Gasteiger partial charge in [-0.2, -0.15) is 0 Å². The highest BCUT2D eigenvalue weighted by molar-refractivity contribution is 8.18. The molecule has 1 aromatic carbocycles. The number of ether oxygens (including phenoxy) is 2. The van der Waals surface area contributed by atoms with Gasteiger partial charge in [-0.25, -0.2) is 0 Å². The van der Waals surface area contributed by atoms with E-state index in [-0.39, 0.29) is 11.1 Å². The van der Waals surface area contributed by atoms with Gasteiger partial charge in [0.1, 0.15) is 6.61 Å². The summed E-state index contributed by atoms with van der Waals surface area (Å²) < 4.78 is 11.2. The number of hydrogen-bond donors (Lipinski definition) is 0. The fraction of sp³-hybridized carbons (Fsp3) is 0.167. The fourth-order valence-corrected chi connectivity index (χ4v) is 3.06. The second kappa shape index (κ2) is 7.40. The molecule has 0 aliphatic carbocycles. The van der Waals surface area contributed by atoms with Crippen LogP contribution < -0.4 is 9.47 Å². The first-order chi connectivity index (χ1) is 12.1. The normalized spacial score (nSPS) is 15.8. The van der Waals surface area contributed by atoms with Crippen LogP contribution in [0.25, 0.3) is 6.08 Å². The minimum absolute atomic E-state index is 0.277. The van der Waals surface area contributed by atoms with E-state index in [0.717, 1.165) is 27.8 Å². The van der Waals surface area contributed by atoms with Crippen molar-refractivity contribution in [3.8, 4) is 11.5 Å². The molecular weight excluding hydrogens is 340 g/mol. The molecule has 3 rings (SSSR count). The van der Waals surface area contributed by atoms with Crippen LogP contribution in [0, 0.1) is 0 Å². The maximum Gasteiger partial charge on any atom is 0.293 e. The molecule has 7 heteroatoms. The van der Waals surface area contributed by atoms with Crippen molar-refractivity contribution in [1.29, 1.82) is 0 Å². The smallest absolute Gasteiger partial charge is 0.293 e. The number of carbonyl (C=O) groups excluding carboxylic acids is 2. The van der Waals surface area contributed by atoms with Crippen LogP contribution in [0.1, 0.15) is 11.1 Å². The largest absolute Gasteiger partial charge is 0.493 e. The summed E-state index contributed by atoms with van der Waals surface area (Å²) >= 11 is 0.922. The van der Waals surface area contributed by atoms with Crippen LogP contribution in [0.3, 0.4) is 0 Å². The molecule has 0 bridgehead atoms. The van der Waals surface area contributed by atoms with Crippen molar-refractivity contribution >= 4 is 29.0 Å². The van der Waals surface area contributed by atoms with Crippen molar-refractivity contribution in [3.63, 3.8) is 0 Å². The van der Waals surface area contributed by atoms with E-state index >= 15 is 0 Å². The third-order valence-corrected chi connectivity index (χ3v) is 4.58. The summed E-state index contributed by atoms with van der Waals surface area (Å²) in [6.07, 6.45) is 5.09. The first-order valence-corrected chi connectivity index (χ1v) is 8.31. The van der Waals surface area contributed by atoms with Crippen LogP contribution in [0.15, 0.2) is 47.6 Å². The zero-order valence-electron chi connectivity index (χ0n) is 13.8. The van der Waals surface area contributed by atoms with Gasteiger partial charge in [0.15, 0.2) is 11.5 Å². The topological polar surface area (TPSA) is 68.7 Å². The van der Waals surface area contributed by atoms with E-state index in [4.69, 9.17) is 9.47 Å². The van der Waals surface area contributed by atoms with Crippen LogP contribution in [0.5, 0.6) is 11.5 Å². The van der Waals surface area contributed by atoms with E-state index in [1.54, 1.807) is 37.7 Å². The van der Waals surface area contributed by atoms with Crippen LogP contribution in [0.2, 0.25) is 0 Å². The van der Waals surface area contributed by atoms with E-state index in [1.807, 2.05) is 18.2 Å². The SMILES string of the molecule is COc1cc(/C=C2/SC(=O)N(C)C2=O)ccc1OCc1ccncc1. The number of amides is 2. The molecule has 1 aliphatic heterocycles. The monoisotopic (exact) mass is 356 g/mol. The number of thioether (sulfide) groups is 1. The summed E-state index contributed by atoms with van der Waals surface area (Å²) in [5, 5.41) is -0.277. The molecule has 0 N–H and O–H groups in total. The summed E-state index contributed by atoms with van der Waals surface area (Å²) in [5.74, 6) is 0.852. The number of likely N-dealkylation sites (N-methyl/N-ethyl adjacent to an activating group) is 1. The van der Waals surface area contributed by atoms with E-state index in [2.05, 4.69) is 4.98 Å². The number of carbonyl (C=O) groups is 2. The number of pyridine rings is 1. The van der Waals surface area contributed by atoms with Gasteiger partial charge in [-0.15, -0.1) is 0 Å². The quantitative estimate of drug-likeness (QED) is 0.766. The minimum atomic E-state index is -0.299. The van der Waals surface area contributed by atoms with Crippen molar-refractivity contribution < 1.29 is 19.1 Å². The Morgan fingerprint density at radius 3 is 2.56 bits per heavy atom. The lowest BCUT2D eigenvalue weighted by molar-refractivity contribution is -0.121. The van der Waals surface area contributed by atoms with E-state index < -0.39 is 0 Å². The van der Waals surface area contributed by atoms with E-state index in [9.17, 15) is 9.59 Å². The lowest BCUT2D eigenvalue weighted by atomic mass is 10.2. The number of aromatic nitrogens is 1. The van der Waals surface area contributed by atoms with Crippen molar-refractivity contribution in [1.82, 2.24) is 9.88 Å². The molecule has 2 aromatic rings. The third kappa shape index (κ3) is 3.83. The fourth-order valence-electron chi connectivity index (χ4n) is 2.23. The van der Waals surface area contributed by atoms with E-state index in [1.165, 1.54) is 7.05 Å². The summed E-state index contributed by atoms with van der Waals surface area (Å²) in [6.45, 7) is 0.396. The second-order valence-corrected chi connectivity index (χ2v) is 6.29. The van der Waals surface area contributed by atoms with Gasteiger partial charge in [-0.05, 0) is 53.2 Å². The molecular formula is C18H16N2O4S. The molecule has 2 amide bonds. The standard InChI is InChI=1S/C18H16N2O4S/c1-20-17(21)16(25-18(20)22)10-13-3-4-14(15(9-13)23-2)24-11-12-5-7-19-8-6-12/h3-10H,11H2,1-2H3/b16-10+. The average molecular weight is 356 g/mol. The highest BCUT2D eigenvalue weighted by atomic mass is 32.2. The first kappa shape index (κ1) is 17.0. The van der Waals surface area contributed by atoms with Gasteiger partial charge in [0, 0.05) is 19.4 Å². The predicted octanol–water partition coefficient (Wildman–Crippen LogP) is 3.34. The molecule has 25 heavy (non-hydrogen) atoms.